The summed E-state index contributed by atoms with van der Waals surface area (Å²) >= 11 is 0. The molecule has 0 aliphatic heterocycles. The number of ether oxygens (including phenoxy) is 1. The van der Waals surface area contributed by atoms with Gasteiger partial charge in [0.15, 0.2) is 0 Å². The average Bonchev–Trinajstić information content (AvgIpc) is 2.73. The maximum absolute atomic E-state index is 13.0. The molecule has 0 radical (unpaired) electrons. The number of hydrogen-bond donors (Lipinski definition) is 0. The van der Waals surface area contributed by atoms with Crippen LogP contribution in [-0.4, -0.2) is 5.97 Å². The van der Waals surface area contributed by atoms with Gasteiger partial charge in [0, 0.05) is 0 Å². The van der Waals surface area contributed by atoms with Crippen molar-refractivity contribution in [3.05, 3.63) is 30.3 Å². The summed E-state index contributed by atoms with van der Waals surface area (Å²) in [5.74, 6) is 0.628. The number of carbonyl (C=O) groups excluding carboxylic acids is 1. The first-order valence-corrected chi connectivity index (χ1v) is 12.4. The van der Waals surface area contributed by atoms with Crippen LogP contribution in [-0.2, 0) is 4.79 Å². The van der Waals surface area contributed by atoms with E-state index in [1.807, 2.05) is 30.3 Å². The predicted octanol–water partition coefficient (Wildman–Crippen LogP) is 8.88. The van der Waals surface area contributed by atoms with Crippen molar-refractivity contribution in [3.63, 3.8) is 0 Å². The lowest BCUT2D eigenvalue weighted by Gasteiger charge is -2.27. The summed E-state index contributed by atoms with van der Waals surface area (Å²) in [6.07, 6.45) is 19.8. The van der Waals surface area contributed by atoms with Crippen LogP contribution >= 0.6 is 0 Å². The van der Waals surface area contributed by atoms with Crippen LogP contribution in [0.15, 0.2) is 30.3 Å². The van der Waals surface area contributed by atoms with E-state index in [1.54, 1.807) is 0 Å². The maximum atomic E-state index is 13.0. The van der Waals surface area contributed by atoms with Crippen molar-refractivity contribution in [3.8, 4) is 5.75 Å². The van der Waals surface area contributed by atoms with Crippen molar-refractivity contribution in [1.82, 2.24) is 0 Å². The van der Waals surface area contributed by atoms with Crippen LogP contribution in [0.4, 0.5) is 0 Å². The van der Waals surface area contributed by atoms with Gasteiger partial charge in [-0.1, -0.05) is 122 Å². The molecule has 166 valence electrons. The van der Waals surface area contributed by atoms with Gasteiger partial charge >= 0.3 is 5.97 Å². The molecule has 0 amide bonds. The minimum absolute atomic E-state index is 0.0415. The zero-order valence-electron chi connectivity index (χ0n) is 19.5. The van der Waals surface area contributed by atoms with Crippen LogP contribution in [0.25, 0.3) is 0 Å². The highest BCUT2D eigenvalue weighted by molar-refractivity contribution is 5.78. The molecular weight excluding hydrogens is 356 g/mol. The molecule has 0 spiro atoms. The summed E-state index contributed by atoms with van der Waals surface area (Å²) in [5.41, 5.74) is -0.358. The van der Waals surface area contributed by atoms with Crippen molar-refractivity contribution in [2.75, 3.05) is 0 Å². The molecule has 0 aliphatic carbocycles. The van der Waals surface area contributed by atoms with Crippen LogP contribution in [0.5, 0.6) is 5.75 Å². The first-order chi connectivity index (χ1) is 14.1. The predicted molar refractivity (Wildman–Crippen MR) is 125 cm³/mol. The van der Waals surface area contributed by atoms with E-state index >= 15 is 0 Å². The molecule has 1 rings (SSSR count). The Bertz CT molecular complexity index is 511. The van der Waals surface area contributed by atoms with E-state index in [0.29, 0.717) is 5.75 Å². The normalized spacial score (nSPS) is 13.2. The molecule has 0 N–H and O–H groups in total. The van der Waals surface area contributed by atoms with Crippen LogP contribution in [0.2, 0.25) is 0 Å². The van der Waals surface area contributed by atoms with Gasteiger partial charge in [0.2, 0.25) is 0 Å². The second-order valence-electron chi connectivity index (χ2n) is 9.01. The summed E-state index contributed by atoms with van der Waals surface area (Å²) in [6, 6.07) is 9.55. The first kappa shape index (κ1) is 25.7. The third kappa shape index (κ3) is 12.1. The molecular formula is C27H46O2. The fourth-order valence-corrected chi connectivity index (χ4v) is 3.99. The van der Waals surface area contributed by atoms with Gasteiger partial charge in [0.25, 0.3) is 0 Å². The Kier molecular flexibility index (Phi) is 14.6. The van der Waals surface area contributed by atoms with Gasteiger partial charge in [0.1, 0.15) is 5.75 Å². The van der Waals surface area contributed by atoms with Crippen molar-refractivity contribution < 1.29 is 9.53 Å². The van der Waals surface area contributed by atoms with Crippen LogP contribution in [0.3, 0.4) is 0 Å². The number of rotatable bonds is 18. The lowest BCUT2D eigenvalue weighted by molar-refractivity contribution is -0.146. The Hall–Kier alpha value is -1.31. The Morgan fingerprint density at radius 3 is 1.55 bits per heavy atom. The lowest BCUT2D eigenvalue weighted by Crippen LogP contribution is -2.32. The van der Waals surface area contributed by atoms with Gasteiger partial charge in [-0.3, -0.25) is 4.79 Å². The van der Waals surface area contributed by atoms with Crippen LogP contribution in [0, 0.1) is 5.41 Å². The fraction of sp³-hybridized carbons (Fsp3) is 0.741. The summed E-state index contributed by atoms with van der Waals surface area (Å²) in [5, 5.41) is 0. The topological polar surface area (TPSA) is 26.3 Å². The number of unbranched alkanes of at least 4 members (excludes halogenated alkanes) is 12. The number of hydrogen-bond acceptors (Lipinski definition) is 2. The first-order valence-electron chi connectivity index (χ1n) is 12.4. The molecule has 0 bridgehead atoms. The molecule has 0 saturated carbocycles. The third-order valence-electron chi connectivity index (χ3n) is 6.11. The zero-order chi connectivity index (χ0) is 21.2. The quantitative estimate of drug-likeness (QED) is 0.139. The van der Waals surface area contributed by atoms with Gasteiger partial charge in [-0.2, -0.15) is 0 Å². The van der Waals surface area contributed by atoms with Gasteiger partial charge in [-0.15, -0.1) is 0 Å². The van der Waals surface area contributed by atoms with Crippen molar-refractivity contribution in [2.45, 2.75) is 124 Å². The monoisotopic (exact) mass is 402 g/mol. The Morgan fingerprint density at radius 1 is 0.690 bits per heavy atom. The molecule has 0 fully saturated rings. The highest BCUT2D eigenvalue weighted by atomic mass is 16.5. The van der Waals surface area contributed by atoms with Gasteiger partial charge in [0.05, 0.1) is 5.41 Å². The molecule has 1 aromatic carbocycles. The molecule has 0 aromatic heterocycles. The van der Waals surface area contributed by atoms with Gasteiger partial charge in [-0.25, -0.2) is 0 Å². The van der Waals surface area contributed by atoms with E-state index in [9.17, 15) is 4.79 Å². The van der Waals surface area contributed by atoms with Crippen molar-refractivity contribution >= 4 is 5.97 Å². The highest BCUT2D eigenvalue weighted by Gasteiger charge is 2.34. The Labute approximate surface area is 180 Å². The van der Waals surface area contributed by atoms with E-state index in [4.69, 9.17) is 4.74 Å². The Balaban J connectivity index is 2.45. The van der Waals surface area contributed by atoms with E-state index < -0.39 is 0 Å². The molecule has 1 atom stereocenters. The molecule has 29 heavy (non-hydrogen) atoms. The summed E-state index contributed by atoms with van der Waals surface area (Å²) in [4.78, 5) is 13.0. The number of carbonyl (C=O) groups is 1. The summed E-state index contributed by atoms with van der Waals surface area (Å²) in [6.45, 7) is 6.64. The zero-order valence-corrected chi connectivity index (χ0v) is 19.5. The van der Waals surface area contributed by atoms with Gasteiger partial charge < -0.3 is 4.74 Å². The summed E-state index contributed by atoms with van der Waals surface area (Å²) in [7, 11) is 0. The number of para-hydroxylation sites is 1. The molecule has 0 heterocycles. The molecule has 1 aromatic rings. The minimum Gasteiger partial charge on any atom is -0.426 e. The number of esters is 1. The smallest absolute Gasteiger partial charge is 0.317 e. The molecule has 0 saturated heterocycles. The van der Waals surface area contributed by atoms with E-state index in [0.717, 1.165) is 25.7 Å². The number of benzene rings is 1. The second-order valence-corrected chi connectivity index (χ2v) is 9.01. The lowest BCUT2D eigenvalue weighted by atomic mass is 9.79. The van der Waals surface area contributed by atoms with E-state index in [-0.39, 0.29) is 11.4 Å². The van der Waals surface area contributed by atoms with E-state index in [1.165, 1.54) is 77.0 Å². The van der Waals surface area contributed by atoms with Gasteiger partial charge in [-0.05, 0) is 31.9 Å². The van der Waals surface area contributed by atoms with Crippen molar-refractivity contribution in [1.29, 1.82) is 0 Å². The average molecular weight is 403 g/mol. The maximum Gasteiger partial charge on any atom is 0.317 e. The second kappa shape index (κ2) is 16.5. The molecule has 2 heteroatoms. The van der Waals surface area contributed by atoms with Crippen LogP contribution in [0.1, 0.15) is 124 Å². The molecule has 2 nitrogen and oxygen atoms in total. The largest absolute Gasteiger partial charge is 0.426 e. The van der Waals surface area contributed by atoms with Crippen molar-refractivity contribution in [2.24, 2.45) is 5.41 Å². The molecule has 0 aliphatic rings. The SMILES string of the molecule is CCCCCCCCCCC(C)(CCCCCCCC)C(=O)Oc1ccccc1. The highest BCUT2D eigenvalue weighted by Crippen LogP contribution is 2.33. The van der Waals surface area contributed by atoms with Crippen LogP contribution < -0.4 is 4.74 Å². The minimum atomic E-state index is -0.358. The van der Waals surface area contributed by atoms with E-state index in [2.05, 4.69) is 20.8 Å². The third-order valence-corrected chi connectivity index (χ3v) is 6.11. The fourth-order valence-electron chi connectivity index (χ4n) is 3.99. The Morgan fingerprint density at radius 2 is 1.10 bits per heavy atom. The summed E-state index contributed by atoms with van der Waals surface area (Å²) < 4.78 is 5.76. The standard InChI is InChI=1S/C27H46O2/c1-4-6-8-10-12-13-15-20-24-27(3,23-19-14-11-9-7-5-2)26(28)29-25-21-17-16-18-22-25/h16-18,21-22H,4-15,19-20,23-24H2,1-3H3. The molecule has 1 unspecified atom stereocenters.